The molecule has 0 spiro atoms. The smallest absolute Gasteiger partial charge is 0.262 e. The third-order valence-corrected chi connectivity index (χ3v) is 4.86. The topological polar surface area (TPSA) is 54.0 Å². The van der Waals surface area contributed by atoms with Crippen LogP contribution in [0.5, 0.6) is 11.5 Å². The first-order valence-corrected chi connectivity index (χ1v) is 9.82. The molecule has 28 heavy (non-hydrogen) atoms. The van der Waals surface area contributed by atoms with E-state index in [0.29, 0.717) is 11.5 Å². The molecular weight excluding hydrogens is 354 g/mol. The van der Waals surface area contributed by atoms with Crippen LogP contribution in [-0.2, 0) is 4.79 Å². The lowest BCUT2D eigenvalue weighted by molar-refractivity contribution is -0.118. The average Bonchev–Trinajstić information content (AvgIpc) is 2.74. The van der Waals surface area contributed by atoms with Crippen LogP contribution in [-0.4, -0.2) is 57.2 Å². The summed E-state index contributed by atoms with van der Waals surface area (Å²) in [6.45, 7) is 7.62. The molecule has 6 nitrogen and oxygen atoms in total. The van der Waals surface area contributed by atoms with Crippen LogP contribution in [0.2, 0.25) is 0 Å². The zero-order valence-electron chi connectivity index (χ0n) is 16.7. The van der Waals surface area contributed by atoms with Crippen molar-refractivity contribution in [2.75, 3.05) is 56.7 Å². The summed E-state index contributed by atoms with van der Waals surface area (Å²) in [6.07, 6.45) is 1.20. The minimum atomic E-state index is -0.202. The molecule has 1 saturated heterocycles. The van der Waals surface area contributed by atoms with Crippen molar-refractivity contribution < 1.29 is 14.3 Å². The minimum absolute atomic E-state index is 0.0679. The molecule has 1 amide bonds. The molecule has 6 heteroatoms. The van der Waals surface area contributed by atoms with Gasteiger partial charge in [0.15, 0.2) is 18.1 Å². The SMILES string of the molecule is CCCN1CCN(c2ccc(NC(=O)COc3ccccc3OC)cc2)CC1. The molecule has 0 saturated carbocycles. The number of amides is 1. The van der Waals surface area contributed by atoms with Crippen molar-refractivity contribution in [1.82, 2.24) is 4.90 Å². The van der Waals surface area contributed by atoms with Crippen LogP contribution >= 0.6 is 0 Å². The highest BCUT2D eigenvalue weighted by atomic mass is 16.5. The maximum absolute atomic E-state index is 12.2. The Bertz CT molecular complexity index is 756. The van der Waals surface area contributed by atoms with Crippen LogP contribution in [0.4, 0.5) is 11.4 Å². The average molecular weight is 383 g/mol. The summed E-state index contributed by atoms with van der Waals surface area (Å²) in [5.41, 5.74) is 1.96. The van der Waals surface area contributed by atoms with Gasteiger partial charge < -0.3 is 19.7 Å². The number of ether oxygens (including phenoxy) is 2. The number of nitrogens with one attached hydrogen (secondary N) is 1. The number of carbonyl (C=O) groups is 1. The van der Waals surface area contributed by atoms with E-state index in [1.807, 2.05) is 24.3 Å². The zero-order valence-corrected chi connectivity index (χ0v) is 16.7. The summed E-state index contributed by atoms with van der Waals surface area (Å²) < 4.78 is 10.8. The molecule has 1 N–H and O–H groups in total. The molecule has 0 bridgehead atoms. The van der Waals surface area contributed by atoms with E-state index in [2.05, 4.69) is 34.2 Å². The van der Waals surface area contributed by atoms with Gasteiger partial charge in [-0.25, -0.2) is 0 Å². The van der Waals surface area contributed by atoms with Gasteiger partial charge in [-0.1, -0.05) is 19.1 Å². The van der Waals surface area contributed by atoms with Crippen LogP contribution < -0.4 is 19.7 Å². The van der Waals surface area contributed by atoms with Gasteiger partial charge in [-0.05, 0) is 49.4 Å². The van der Waals surface area contributed by atoms with E-state index in [1.165, 1.54) is 18.7 Å². The summed E-state index contributed by atoms with van der Waals surface area (Å²) in [4.78, 5) is 17.1. The Morgan fingerprint density at radius 1 is 1.00 bits per heavy atom. The maximum Gasteiger partial charge on any atom is 0.262 e. The Morgan fingerprint density at radius 2 is 1.68 bits per heavy atom. The number of para-hydroxylation sites is 2. The van der Waals surface area contributed by atoms with E-state index >= 15 is 0 Å². The normalized spacial score (nSPS) is 14.6. The number of hydrogen-bond donors (Lipinski definition) is 1. The number of nitrogens with zero attached hydrogens (tertiary/aromatic N) is 2. The van der Waals surface area contributed by atoms with E-state index in [0.717, 1.165) is 31.9 Å². The second kappa shape index (κ2) is 9.99. The molecule has 1 fully saturated rings. The predicted molar refractivity (Wildman–Crippen MR) is 113 cm³/mol. The fourth-order valence-electron chi connectivity index (χ4n) is 3.38. The van der Waals surface area contributed by atoms with Gasteiger partial charge in [-0.2, -0.15) is 0 Å². The fourth-order valence-corrected chi connectivity index (χ4v) is 3.38. The van der Waals surface area contributed by atoms with Crippen LogP contribution in [0, 0.1) is 0 Å². The van der Waals surface area contributed by atoms with Gasteiger partial charge in [0.05, 0.1) is 7.11 Å². The highest BCUT2D eigenvalue weighted by Gasteiger charge is 2.16. The zero-order chi connectivity index (χ0) is 19.8. The van der Waals surface area contributed by atoms with E-state index in [9.17, 15) is 4.79 Å². The van der Waals surface area contributed by atoms with Crippen LogP contribution in [0.25, 0.3) is 0 Å². The molecule has 0 radical (unpaired) electrons. The molecule has 0 atom stereocenters. The largest absolute Gasteiger partial charge is 0.493 e. The molecule has 0 unspecified atom stereocenters. The molecule has 2 aromatic carbocycles. The Morgan fingerprint density at radius 3 is 2.32 bits per heavy atom. The van der Waals surface area contributed by atoms with Crippen molar-refractivity contribution in [2.45, 2.75) is 13.3 Å². The molecule has 0 aliphatic carbocycles. The number of rotatable bonds is 8. The highest BCUT2D eigenvalue weighted by molar-refractivity contribution is 5.92. The Balaban J connectivity index is 1.48. The first kappa shape index (κ1) is 20.0. The van der Waals surface area contributed by atoms with E-state index < -0.39 is 0 Å². The van der Waals surface area contributed by atoms with Crippen molar-refractivity contribution in [3.8, 4) is 11.5 Å². The van der Waals surface area contributed by atoms with Crippen molar-refractivity contribution in [2.24, 2.45) is 0 Å². The number of benzene rings is 2. The lowest BCUT2D eigenvalue weighted by Crippen LogP contribution is -2.46. The highest BCUT2D eigenvalue weighted by Crippen LogP contribution is 2.25. The molecule has 3 rings (SSSR count). The minimum Gasteiger partial charge on any atom is -0.493 e. The Hall–Kier alpha value is -2.73. The number of anilines is 2. The number of piperazine rings is 1. The number of carbonyl (C=O) groups excluding carboxylic acids is 1. The molecule has 1 heterocycles. The van der Waals surface area contributed by atoms with Crippen molar-refractivity contribution >= 4 is 17.3 Å². The third-order valence-electron chi connectivity index (χ3n) is 4.86. The van der Waals surface area contributed by atoms with Gasteiger partial charge in [0.25, 0.3) is 5.91 Å². The van der Waals surface area contributed by atoms with Crippen molar-refractivity contribution in [3.63, 3.8) is 0 Å². The second-order valence-electron chi connectivity index (χ2n) is 6.86. The fraction of sp³-hybridized carbons (Fsp3) is 0.409. The van der Waals surface area contributed by atoms with E-state index in [4.69, 9.17) is 9.47 Å². The molecule has 1 aliphatic heterocycles. The molecular formula is C22H29N3O3. The van der Waals surface area contributed by atoms with Gasteiger partial charge >= 0.3 is 0 Å². The van der Waals surface area contributed by atoms with Crippen LogP contribution in [0.1, 0.15) is 13.3 Å². The standard InChI is InChI=1S/C22H29N3O3/c1-3-12-24-13-15-25(16-14-24)19-10-8-18(9-11-19)23-22(26)17-28-21-7-5-4-6-20(21)27-2/h4-11H,3,12-17H2,1-2H3,(H,23,26). The second-order valence-corrected chi connectivity index (χ2v) is 6.86. The third kappa shape index (κ3) is 5.39. The summed E-state index contributed by atoms with van der Waals surface area (Å²) in [5.74, 6) is 0.961. The molecule has 1 aliphatic rings. The van der Waals surface area contributed by atoms with E-state index in [-0.39, 0.29) is 12.5 Å². The first-order chi connectivity index (χ1) is 13.7. The van der Waals surface area contributed by atoms with Crippen LogP contribution in [0.3, 0.4) is 0 Å². The molecule has 2 aromatic rings. The predicted octanol–water partition coefficient (Wildman–Crippen LogP) is 3.24. The van der Waals surface area contributed by atoms with Crippen molar-refractivity contribution in [1.29, 1.82) is 0 Å². The lowest BCUT2D eigenvalue weighted by Gasteiger charge is -2.36. The Labute approximate surface area is 167 Å². The number of methoxy groups -OCH3 is 1. The summed E-state index contributed by atoms with van der Waals surface area (Å²) in [7, 11) is 1.58. The molecule has 0 aromatic heterocycles. The Kier molecular flexibility index (Phi) is 7.14. The van der Waals surface area contributed by atoms with Gasteiger partial charge in [0.2, 0.25) is 0 Å². The summed E-state index contributed by atoms with van der Waals surface area (Å²) in [6, 6.07) is 15.3. The monoisotopic (exact) mass is 383 g/mol. The van der Waals surface area contributed by atoms with Gasteiger partial charge in [-0.15, -0.1) is 0 Å². The first-order valence-electron chi connectivity index (χ1n) is 9.82. The number of hydrogen-bond acceptors (Lipinski definition) is 5. The van der Waals surface area contributed by atoms with Crippen molar-refractivity contribution in [3.05, 3.63) is 48.5 Å². The van der Waals surface area contributed by atoms with Gasteiger partial charge in [0, 0.05) is 37.6 Å². The van der Waals surface area contributed by atoms with Gasteiger partial charge in [-0.3, -0.25) is 9.69 Å². The molecule has 150 valence electrons. The maximum atomic E-state index is 12.2. The van der Waals surface area contributed by atoms with E-state index in [1.54, 1.807) is 19.2 Å². The summed E-state index contributed by atoms with van der Waals surface area (Å²) in [5, 5.41) is 2.87. The summed E-state index contributed by atoms with van der Waals surface area (Å²) >= 11 is 0. The van der Waals surface area contributed by atoms with Crippen LogP contribution in [0.15, 0.2) is 48.5 Å². The quantitative estimate of drug-likeness (QED) is 0.758. The van der Waals surface area contributed by atoms with Gasteiger partial charge in [0.1, 0.15) is 0 Å². The lowest BCUT2D eigenvalue weighted by atomic mass is 10.2.